The number of carbonyl (C=O) groups excluding carboxylic acids is 3. The van der Waals surface area contributed by atoms with Crippen LogP contribution >= 0.6 is 15.9 Å². The van der Waals surface area contributed by atoms with Crippen molar-refractivity contribution in [2.24, 2.45) is 5.10 Å². The van der Waals surface area contributed by atoms with E-state index in [0.717, 1.165) is 4.47 Å². The Hall–Kier alpha value is -4.44. The Labute approximate surface area is 201 Å². The van der Waals surface area contributed by atoms with Crippen molar-refractivity contribution in [1.29, 1.82) is 0 Å². The van der Waals surface area contributed by atoms with E-state index in [4.69, 9.17) is 13.6 Å². The Morgan fingerprint density at radius 2 is 1.65 bits per heavy atom. The molecule has 10 heteroatoms. The van der Waals surface area contributed by atoms with Crippen molar-refractivity contribution >= 4 is 45.6 Å². The van der Waals surface area contributed by atoms with Crippen molar-refractivity contribution in [3.8, 4) is 5.75 Å². The van der Waals surface area contributed by atoms with Crippen LogP contribution in [0.5, 0.6) is 5.75 Å². The number of furan rings is 2. The molecular formula is C24H16BrN3O6. The molecule has 0 bridgehead atoms. The van der Waals surface area contributed by atoms with Gasteiger partial charge in [-0.2, -0.15) is 5.10 Å². The molecule has 34 heavy (non-hydrogen) atoms. The maximum Gasteiger partial charge on any atom is 0.379 e. The summed E-state index contributed by atoms with van der Waals surface area (Å²) in [5.41, 5.74) is 3.53. The highest BCUT2D eigenvalue weighted by molar-refractivity contribution is 9.10. The van der Waals surface area contributed by atoms with E-state index in [9.17, 15) is 14.4 Å². The molecule has 2 heterocycles. The van der Waals surface area contributed by atoms with E-state index >= 15 is 0 Å². The van der Waals surface area contributed by atoms with Crippen molar-refractivity contribution in [3.63, 3.8) is 0 Å². The number of nitrogens with zero attached hydrogens (tertiary/aromatic N) is 1. The Bertz CT molecular complexity index is 1350. The molecule has 2 N–H and O–H groups in total. The summed E-state index contributed by atoms with van der Waals surface area (Å²) in [5.74, 6) is -1.18. The zero-order valence-corrected chi connectivity index (χ0v) is 18.9. The standard InChI is InChI=1S/C24H16BrN3O6/c25-17-8-9-19(34-24(31)21-7-3-11-33-21)16(12-17)14-26-28-22(29)15-4-1-5-18(13-15)27-23(30)20-6-2-10-32-20/h1-14H,(H,27,30)(H,28,29). The van der Waals surface area contributed by atoms with Gasteiger partial charge in [0.25, 0.3) is 11.8 Å². The van der Waals surface area contributed by atoms with E-state index in [2.05, 4.69) is 31.8 Å². The first-order valence-electron chi connectivity index (χ1n) is 9.83. The normalized spacial score (nSPS) is 10.7. The monoisotopic (exact) mass is 521 g/mol. The molecule has 0 spiro atoms. The van der Waals surface area contributed by atoms with Gasteiger partial charge in [-0.3, -0.25) is 9.59 Å². The zero-order valence-electron chi connectivity index (χ0n) is 17.4. The van der Waals surface area contributed by atoms with Crippen molar-refractivity contribution in [2.75, 3.05) is 5.32 Å². The van der Waals surface area contributed by atoms with Crippen LogP contribution < -0.4 is 15.5 Å². The molecule has 2 aromatic heterocycles. The minimum Gasteiger partial charge on any atom is -0.459 e. The lowest BCUT2D eigenvalue weighted by Crippen LogP contribution is -2.18. The second kappa shape index (κ2) is 10.5. The van der Waals surface area contributed by atoms with Gasteiger partial charge in [0.15, 0.2) is 5.76 Å². The quantitative estimate of drug-likeness (QED) is 0.155. The molecule has 0 fully saturated rings. The number of hydrazone groups is 1. The minimum absolute atomic E-state index is 0.0538. The van der Waals surface area contributed by atoms with Crippen molar-refractivity contribution in [1.82, 2.24) is 5.43 Å². The Morgan fingerprint density at radius 1 is 0.882 bits per heavy atom. The molecule has 0 saturated heterocycles. The maximum absolute atomic E-state index is 12.5. The van der Waals surface area contributed by atoms with E-state index in [1.165, 1.54) is 36.9 Å². The van der Waals surface area contributed by atoms with Gasteiger partial charge in [0.2, 0.25) is 5.76 Å². The average molecular weight is 522 g/mol. The van der Waals surface area contributed by atoms with Crippen molar-refractivity contribution < 1.29 is 28.0 Å². The largest absolute Gasteiger partial charge is 0.459 e. The number of hydrogen-bond donors (Lipinski definition) is 2. The second-order valence-electron chi connectivity index (χ2n) is 6.76. The smallest absolute Gasteiger partial charge is 0.379 e. The number of carbonyl (C=O) groups is 3. The maximum atomic E-state index is 12.5. The minimum atomic E-state index is -0.667. The van der Waals surface area contributed by atoms with E-state index in [1.54, 1.807) is 48.5 Å². The van der Waals surface area contributed by atoms with E-state index < -0.39 is 17.8 Å². The van der Waals surface area contributed by atoms with Crippen molar-refractivity contribution in [2.45, 2.75) is 0 Å². The topological polar surface area (TPSA) is 123 Å². The Morgan fingerprint density at radius 3 is 2.38 bits per heavy atom. The first-order valence-corrected chi connectivity index (χ1v) is 10.6. The fourth-order valence-electron chi connectivity index (χ4n) is 2.82. The number of nitrogens with one attached hydrogen (secondary N) is 2. The highest BCUT2D eigenvalue weighted by Crippen LogP contribution is 2.23. The van der Waals surface area contributed by atoms with Gasteiger partial charge in [0.05, 0.1) is 18.7 Å². The molecule has 0 atom stereocenters. The summed E-state index contributed by atoms with van der Waals surface area (Å²) in [5, 5.41) is 6.61. The lowest BCUT2D eigenvalue weighted by molar-refractivity contribution is 0.0700. The fraction of sp³-hybridized carbons (Fsp3) is 0. The number of ether oxygens (including phenoxy) is 1. The molecule has 4 aromatic rings. The van der Waals surface area contributed by atoms with Crippen LogP contribution in [-0.2, 0) is 0 Å². The lowest BCUT2D eigenvalue weighted by atomic mass is 10.2. The summed E-state index contributed by atoms with van der Waals surface area (Å²) in [4.78, 5) is 36.8. The average Bonchev–Trinajstić information content (AvgIpc) is 3.55. The third-order valence-electron chi connectivity index (χ3n) is 4.39. The van der Waals surface area contributed by atoms with Gasteiger partial charge in [0, 0.05) is 21.3 Å². The number of anilines is 1. The summed E-state index contributed by atoms with van der Waals surface area (Å²) < 4.78 is 16.2. The van der Waals surface area contributed by atoms with Crippen LogP contribution in [0, 0.1) is 0 Å². The van der Waals surface area contributed by atoms with Crippen LogP contribution in [0.3, 0.4) is 0 Å². The Kier molecular flexibility index (Phi) is 6.99. The molecule has 2 aromatic carbocycles. The number of rotatable bonds is 7. The fourth-order valence-corrected chi connectivity index (χ4v) is 3.20. The van der Waals surface area contributed by atoms with Crippen LogP contribution in [0.25, 0.3) is 0 Å². The number of halogens is 1. The number of esters is 1. The molecule has 0 aliphatic heterocycles. The summed E-state index contributed by atoms with van der Waals surface area (Å²) in [6.45, 7) is 0. The van der Waals surface area contributed by atoms with E-state index in [1.807, 2.05) is 0 Å². The molecule has 9 nitrogen and oxygen atoms in total. The second-order valence-corrected chi connectivity index (χ2v) is 7.68. The van der Waals surface area contributed by atoms with Gasteiger partial charge in [-0.25, -0.2) is 10.2 Å². The number of amides is 2. The van der Waals surface area contributed by atoms with Gasteiger partial charge in [0.1, 0.15) is 5.75 Å². The van der Waals surface area contributed by atoms with Crippen LogP contribution in [0.1, 0.15) is 37.0 Å². The third kappa shape index (κ3) is 5.67. The molecule has 0 saturated carbocycles. The molecule has 170 valence electrons. The lowest BCUT2D eigenvalue weighted by Gasteiger charge is -2.07. The zero-order chi connectivity index (χ0) is 23.9. The summed E-state index contributed by atoms with van der Waals surface area (Å²) in [7, 11) is 0. The molecule has 0 radical (unpaired) electrons. The number of benzene rings is 2. The SMILES string of the molecule is O=C(NN=Cc1cc(Br)ccc1OC(=O)c1ccco1)c1cccc(NC(=O)c2ccco2)c1. The van der Waals surface area contributed by atoms with Gasteiger partial charge < -0.3 is 18.9 Å². The molecular weight excluding hydrogens is 506 g/mol. The highest BCUT2D eigenvalue weighted by Gasteiger charge is 2.14. The van der Waals surface area contributed by atoms with E-state index in [-0.39, 0.29) is 22.8 Å². The van der Waals surface area contributed by atoms with Crippen LogP contribution in [-0.4, -0.2) is 24.0 Å². The summed E-state index contributed by atoms with van der Waals surface area (Å²) in [6, 6.07) is 17.5. The molecule has 0 aliphatic carbocycles. The van der Waals surface area contributed by atoms with Crippen LogP contribution in [0.4, 0.5) is 5.69 Å². The van der Waals surface area contributed by atoms with Gasteiger partial charge in [-0.05, 0) is 60.7 Å². The predicted molar refractivity (Wildman–Crippen MR) is 126 cm³/mol. The summed E-state index contributed by atoms with van der Waals surface area (Å²) in [6.07, 6.45) is 4.11. The molecule has 2 amide bonds. The van der Waals surface area contributed by atoms with Gasteiger partial charge >= 0.3 is 5.97 Å². The van der Waals surface area contributed by atoms with Gasteiger partial charge in [-0.15, -0.1) is 0 Å². The molecule has 0 aliphatic rings. The molecule has 0 unspecified atom stereocenters. The van der Waals surface area contributed by atoms with E-state index in [0.29, 0.717) is 11.3 Å². The predicted octanol–water partition coefficient (Wildman–Crippen LogP) is 4.87. The van der Waals surface area contributed by atoms with Crippen molar-refractivity contribution in [3.05, 3.63) is 106 Å². The highest BCUT2D eigenvalue weighted by atomic mass is 79.9. The van der Waals surface area contributed by atoms with Crippen LogP contribution in [0.2, 0.25) is 0 Å². The Balaban J connectivity index is 1.42. The van der Waals surface area contributed by atoms with Crippen LogP contribution in [0.15, 0.2) is 97.7 Å². The van der Waals surface area contributed by atoms with Gasteiger partial charge in [-0.1, -0.05) is 22.0 Å². The number of hydrogen-bond acceptors (Lipinski definition) is 7. The third-order valence-corrected chi connectivity index (χ3v) is 4.89. The first kappa shape index (κ1) is 22.7. The molecule has 4 rings (SSSR count). The summed E-state index contributed by atoms with van der Waals surface area (Å²) >= 11 is 3.35. The first-order chi connectivity index (χ1) is 16.5.